The number of carbonyl (C=O) groups excluding carboxylic acids is 1. The molecule has 0 saturated heterocycles. The van der Waals surface area contributed by atoms with Crippen molar-refractivity contribution < 1.29 is 14.1 Å². The molecule has 1 N–H and O–H groups in total. The van der Waals surface area contributed by atoms with Crippen molar-refractivity contribution in [2.75, 3.05) is 20.2 Å². The zero-order valence-electron chi connectivity index (χ0n) is 15.2. The first-order valence-electron chi connectivity index (χ1n) is 9.52. The van der Waals surface area contributed by atoms with Gasteiger partial charge in [0.2, 0.25) is 5.71 Å². The fourth-order valence-electron chi connectivity index (χ4n) is 4.77. The summed E-state index contributed by atoms with van der Waals surface area (Å²) in [5, 5.41) is 1.32. The summed E-state index contributed by atoms with van der Waals surface area (Å²) in [6.07, 6.45) is 5.07. The number of nitrogens with one attached hydrogen (secondary N) is 1. The molecule has 0 aliphatic carbocycles. The molecule has 2 aromatic rings. The standard InChI is InChI=1S/C21H26N2O2/c1-3-14-7-6-12-23-13-15(10-11-18(24)25-2)19-16-8-4-5-9-17(16)22-20(19)21(14)23/h4-5,8-9,14-15H,3,6-7,10-13H2,1-2H3/p+1/t14-,15?/m0/s1. The van der Waals surface area contributed by atoms with E-state index < -0.39 is 0 Å². The van der Waals surface area contributed by atoms with E-state index in [0.717, 1.165) is 19.5 Å². The minimum Gasteiger partial charge on any atom is -0.469 e. The van der Waals surface area contributed by atoms with Crippen LogP contribution in [0, 0.1) is 5.92 Å². The largest absolute Gasteiger partial charge is 0.469 e. The fourth-order valence-corrected chi connectivity index (χ4v) is 4.77. The molecule has 132 valence electrons. The summed E-state index contributed by atoms with van der Waals surface area (Å²) in [5.74, 6) is 0.910. The van der Waals surface area contributed by atoms with Crippen molar-refractivity contribution in [2.45, 2.75) is 44.9 Å². The van der Waals surface area contributed by atoms with Crippen molar-refractivity contribution >= 4 is 22.6 Å². The lowest BCUT2D eigenvalue weighted by Gasteiger charge is -2.29. The number of aromatic nitrogens is 1. The number of hydrogen-bond donors (Lipinski definition) is 1. The minimum atomic E-state index is -0.110. The van der Waals surface area contributed by atoms with Crippen LogP contribution in [0.1, 0.15) is 56.2 Å². The lowest BCUT2D eigenvalue weighted by Crippen LogP contribution is -2.40. The zero-order chi connectivity index (χ0) is 17.4. The summed E-state index contributed by atoms with van der Waals surface area (Å²) < 4.78 is 7.45. The van der Waals surface area contributed by atoms with E-state index in [4.69, 9.17) is 4.74 Å². The van der Waals surface area contributed by atoms with Gasteiger partial charge in [0.25, 0.3) is 0 Å². The van der Waals surface area contributed by atoms with Crippen molar-refractivity contribution in [1.29, 1.82) is 0 Å². The Morgan fingerprint density at radius 3 is 2.96 bits per heavy atom. The molecule has 3 heterocycles. The van der Waals surface area contributed by atoms with Crippen molar-refractivity contribution in [1.82, 2.24) is 4.98 Å². The number of carbonyl (C=O) groups is 1. The van der Waals surface area contributed by atoms with E-state index in [1.54, 1.807) is 0 Å². The van der Waals surface area contributed by atoms with Gasteiger partial charge in [0, 0.05) is 41.1 Å². The lowest BCUT2D eigenvalue weighted by molar-refractivity contribution is -0.539. The second-order valence-electron chi connectivity index (χ2n) is 7.35. The third-order valence-corrected chi connectivity index (χ3v) is 5.98. The first-order chi connectivity index (χ1) is 12.2. The number of rotatable bonds is 4. The second kappa shape index (κ2) is 6.66. The summed E-state index contributed by atoms with van der Waals surface area (Å²) in [4.78, 5) is 15.4. The molecule has 1 aromatic heterocycles. The molecule has 0 bridgehead atoms. The highest BCUT2D eigenvalue weighted by Crippen LogP contribution is 2.39. The van der Waals surface area contributed by atoms with Gasteiger partial charge in [0.1, 0.15) is 18.8 Å². The maximum absolute atomic E-state index is 11.7. The molecule has 2 aliphatic rings. The second-order valence-corrected chi connectivity index (χ2v) is 7.35. The third-order valence-electron chi connectivity index (χ3n) is 5.98. The van der Waals surface area contributed by atoms with Crippen LogP contribution in [0.15, 0.2) is 24.3 Å². The van der Waals surface area contributed by atoms with Crippen molar-refractivity contribution in [3.05, 3.63) is 35.5 Å². The predicted octanol–water partition coefficient (Wildman–Crippen LogP) is 3.84. The van der Waals surface area contributed by atoms with Gasteiger partial charge in [-0.3, -0.25) is 4.79 Å². The molecular weight excluding hydrogens is 312 g/mol. The van der Waals surface area contributed by atoms with E-state index in [1.165, 1.54) is 54.2 Å². The molecular formula is C21H27N2O2+. The third kappa shape index (κ3) is 2.78. The van der Waals surface area contributed by atoms with Gasteiger partial charge in [-0.25, -0.2) is 4.58 Å². The highest BCUT2D eigenvalue weighted by molar-refractivity contribution is 6.05. The summed E-state index contributed by atoms with van der Waals surface area (Å²) in [6.45, 7) is 4.46. The Balaban J connectivity index is 1.82. The highest BCUT2D eigenvalue weighted by atomic mass is 16.5. The normalized spacial score (nSPS) is 22.6. The van der Waals surface area contributed by atoms with E-state index in [0.29, 0.717) is 18.3 Å². The Labute approximate surface area is 148 Å². The first kappa shape index (κ1) is 16.4. The first-order valence-corrected chi connectivity index (χ1v) is 9.52. The number of ether oxygens (including phenoxy) is 1. The van der Waals surface area contributed by atoms with Crippen LogP contribution in [-0.4, -0.2) is 41.4 Å². The van der Waals surface area contributed by atoms with Crippen LogP contribution in [0.25, 0.3) is 10.9 Å². The van der Waals surface area contributed by atoms with Gasteiger partial charge in [0.15, 0.2) is 0 Å². The van der Waals surface area contributed by atoms with Gasteiger partial charge in [-0.1, -0.05) is 25.1 Å². The summed E-state index contributed by atoms with van der Waals surface area (Å²) in [7, 11) is 1.47. The van der Waals surface area contributed by atoms with Crippen LogP contribution >= 0.6 is 0 Å². The number of para-hydroxylation sites is 1. The molecule has 0 radical (unpaired) electrons. The minimum absolute atomic E-state index is 0.110. The molecule has 4 heteroatoms. The van der Waals surface area contributed by atoms with Gasteiger partial charge in [-0.2, -0.15) is 0 Å². The fraction of sp³-hybridized carbons (Fsp3) is 0.524. The monoisotopic (exact) mass is 339 g/mol. The summed E-state index contributed by atoms with van der Waals surface area (Å²) in [5.41, 5.74) is 5.47. The number of hydrogen-bond acceptors (Lipinski definition) is 2. The number of nitrogens with zero attached hydrogens (tertiary/aromatic N) is 1. The Bertz CT molecular complexity index is 834. The molecule has 0 saturated carbocycles. The van der Waals surface area contributed by atoms with Crippen LogP contribution < -0.4 is 0 Å². The molecule has 0 fully saturated rings. The molecule has 0 spiro atoms. The smallest absolute Gasteiger partial charge is 0.305 e. The molecule has 0 amide bonds. The number of H-pyrrole nitrogens is 1. The van der Waals surface area contributed by atoms with E-state index in [1.807, 2.05) is 0 Å². The van der Waals surface area contributed by atoms with Gasteiger partial charge in [-0.15, -0.1) is 0 Å². The molecule has 1 aromatic carbocycles. The van der Waals surface area contributed by atoms with Crippen LogP contribution in [0.3, 0.4) is 0 Å². The van der Waals surface area contributed by atoms with Crippen molar-refractivity contribution in [2.24, 2.45) is 5.92 Å². The Hall–Kier alpha value is -2.10. The number of benzene rings is 1. The van der Waals surface area contributed by atoms with Gasteiger partial charge < -0.3 is 9.72 Å². The molecule has 4 nitrogen and oxygen atoms in total. The Kier molecular flexibility index (Phi) is 4.36. The number of methoxy groups -OCH3 is 1. The molecule has 25 heavy (non-hydrogen) atoms. The van der Waals surface area contributed by atoms with E-state index in [2.05, 4.69) is 40.7 Å². The van der Waals surface area contributed by atoms with Gasteiger partial charge >= 0.3 is 5.97 Å². The van der Waals surface area contributed by atoms with E-state index in [-0.39, 0.29) is 5.97 Å². The average Bonchev–Trinajstić information content (AvgIpc) is 3.04. The molecule has 1 unspecified atom stereocenters. The lowest BCUT2D eigenvalue weighted by atomic mass is 9.81. The van der Waals surface area contributed by atoms with E-state index >= 15 is 0 Å². The van der Waals surface area contributed by atoms with Crippen molar-refractivity contribution in [3.8, 4) is 0 Å². The molecule has 2 atom stereocenters. The van der Waals surface area contributed by atoms with Crippen molar-refractivity contribution in [3.63, 3.8) is 0 Å². The van der Waals surface area contributed by atoms with Crippen LogP contribution in [-0.2, 0) is 9.53 Å². The number of fused-ring (bicyclic) bond motifs is 4. The average molecular weight is 339 g/mol. The van der Waals surface area contributed by atoms with Gasteiger partial charge in [-0.05, 0) is 25.3 Å². The SMILES string of the molecule is CC[C@H]1CCC[N+]2=C1c1[nH]c3ccccc3c1C(CCC(=O)OC)C2. The maximum Gasteiger partial charge on any atom is 0.305 e. The Morgan fingerprint density at radius 1 is 1.32 bits per heavy atom. The topological polar surface area (TPSA) is 45.1 Å². The molecule has 2 aliphatic heterocycles. The van der Waals surface area contributed by atoms with E-state index in [9.17, 15) is 4.79 Å². The summed E-state index contributed by atoms with van der Waals surface area (Å²) in [6, 6.07) is 8.59. The Morgan fingerprint density at radius 2 is 2.16 bits per heavy atom. The predicted molar refractivity (Wildman–Crippen MR) is 99.4 cm³/mol. The molecule has 4 rings (SSSR count). The maximum atomic E-state index is 11.7. The van der Waals surface area contributed by atoms with Crippen LogP contribution in [0.2, 0.25) is 0 Å². The van der Waals surface area contributed by atoms with Crippen LogP contribution in [0.4, 0.5) is 0 Å². The summed E-state index contributed by atoms with van der Waals surface area (Å²) >= 11 is 0. The van der Waals surface area contributed by atoms with Gasteiger partial charge in [0.05, 0.1) is 7.11 Å². The number of esters is 1. The quantitative estimate of drug-likeness (QED) is 0.679. The highest BCUT2D eigenvalue weighted by Gasteiger charge is 2.40. The zero-order valence-corrected chi connectivity index (χ0v) is 15.2. The number of aromatic amines is 1. The van der Waals surface area contributed by atoms with Crippen LogP contribution in [0.5, 0.6) is 0 Å².